The SMILES string of the molecule is CCCCCCCCOc1ccc2c(c1)-c1cc(OCCCCCCCC)ccc1C2c1cc(-c2ccc3c(c2)C2(c4ccccc4-3)c3ccc(OCCCCCCCC)cc3-c3cc(OCCCCCCCC)ccc32)c(C2c3ccc(OCCCCCCCC)cc3-c3cc(OCCCCCCCC)ccc32)cc1Br. The number of halogens is 1. The van der Waals surface area contributed by atoms with Crippen molar-refractivity contribution in [2.75, 3.05) is 39.6 Å². The van der Waals surface area contributed by atoms with Gasteiger partial charge in [0.2, 0.25) is 0 Å². The Morgan fingerprint density at radius 1 is 0.223 bits per heavy atom. The van der Waals surface area contributed by atoms with Crippen molar-refractivity contribution in [3.63, 3.8) is 0 Å². The lowest BCUT2D eigenvalue weighted by Gasteiger charge is -2.31. The minimum Gasteiger partial charge on any atom is -0.494 e. The molecule has 9 aromatic carbocycles. The summed E-state index contributed by atoms with van der Waals surface area (Å²) in [6.07, 6.45) is 43.9. The molecule has 0 unspecified atom stereocenters. The zero-order valence-corrected chi connectivity index (χ0v) is 70.9. The first-order valence-corrected chi connectivity index (χ1v) is 45.8. The molecule has 0 amide bonds. The van der Waals surface area contributed by atoms with E-state index in [-0.39, 0.29) is 11.8 Å². The van der Waals surface area contributed by atoms with Crippen LogP contribution in [0.2, 0.25) is 0 Å². The van der Waals surface area contributed by atoms with E-state index in [4.69, 9.17) is 28.4 Å². The molecule has 1 spiro atoms. The summed E-state index contributed by atoms with van der Waals surface area (Å²) in [4.78, 5) is 0. The van der Waals surface area contributed by atoms with Gasteiger partial charge in [0, 0.05) is 16.3 Å². The second-order valence-electron chi connectivity index (χ2n) is 33.0. The maximum Gasteiger partial charge on any atom is 0.119 e. The zero-order valence-electron chi connectivity index (χ0n) is 69.3. The van der Waals surface area contributed by atoms with Crippen LogP contribution in [0.4, 0.5) is 0 Å². The Bertz CT molecular complexity index is 4280. The van der Waals surface area contributed by atoms with Crippen molar-refractivity contribution in [1.82, 2.24) is 0 Å². The van der Waals surface area contributed by atoms with E-state index in [0.29, 0.717) is 39.6 Å². The molecule has 0 fully saturated rings. The number of ether oxygens (including phenoxy) is 6. The van der Waals surface area contributed by atoms with Crippen molar-refractivity contribution in [1.29, 1.82) is 0 Å². The van der Waals surface area contributed by atoms with Crippen LogP contribution in [0.25, 0.3) is 55.6 Å². The molecule has 0 aromatic heterocycles. The van der Waals surface area contributed by atoms with Gasteiger partial charge in [-0.1, -0.05) is 323 Å². The fourth-order valence-electron chi connectivity index (χ4n) is 18.7. The van der Waals surface area contributed by atoms with Gasteiger partial charge in [0.15, 0.2) is 0 Å². The van der Waals surface area contributed by atoms with E-state index in [9.17, 15) is 0 Å². The first-order valence-electron chi connectivity index (χ1n) is 45.0. The molecule has 0 heterocycles. The second-order valence-corrected chi connectivity index (χ2v) is 33.8. The molecular weight excluding hydrogens is 1440 g/mol. The van der Waals surface area contributed by atoms with Crippen molar-refractivity contribution < 1.29 is 28.4 Å². The summed E-state index contributed by atoms with van der Waals surface area (Å²) < 4.78 is 41.6. The van der Waals surface area contributed by atoms with Gasteiger partial charge in [-0.2, -0.15) is 0 Å². The van der Waals surface area contributed by atoms with Crippen LogP contribution in [0.5, 0.6) is 34.5 Å². The van der Waals surface area contributed by atoms with Gasteiger partial charge >= 0.3 is 0 Å². The molecule has 0 N–H and O–H groups in total. The predicted molar refractivity (Wildman–Crippen MR) is 475 cm³/mol. The Kier molecular flexibility index (Phi) is 30.9. The molecule has 0 radical (unpaired) electrons. The first kappa shape index (κ1) is 82.2. The van der Waals surface area contributed by atoms with Gasteiger partial charge in [0.05, 0.1) is 45.1 Å². The summed E-state index contributed by atoms with van der Waals surface area (Å²) in [5.74, 6) is 5.33. The van der Waals surface area contributed by atoms with Gasteiger partial charge in [0.25, 0.3) is 0 Å². The van der Waals surface area contributed by atoms with Gasteiger partial charge < -0.3 is 28.4 Å². The van der Waals surface area contributed by atoms with Gasteiger partial charge in [-0.3, -0.25) is 0 Å². The number of unbranched alkanes of at least 4 members (excludes halogenated alkanes) is 30. The monoisotopic (exact) mass is 1570 g/mol. The van der Waals surface area contributed by atoms with Gasteiger partial charge in [0.1, 0.15) is 34.5 Å². The predicted octanol–water partition coefficient (Wildman–Crippen LogP) is 31.2. The smallest absolute Gasteiger partial charge is 0.119 e. The van der Waals surface area contributed by atoms with Crippen LogP contribution in [-0.4, -0.2) is 39.6 Å². The number of hydrogen-bond donors (Lipinski definition) is 0. The van der Waals surface area contributed by atoms with Crippen LogP contribution < -0.4 is 28.4 Å². The molecule has 112 heavy (non-hydrogen) atoms. The third kappa shape index (κ3) is 19.4. The molecule has 13 rings (SSSR count). The second kappa shape index (κ2) is 42.0. The van der Waals surface area contributed by atoms with E-state index >= 15 is 0 Å². The summed E-state index contributed by atoms with van der Waals surface area (Å²) in [6, 6.07) is 63.9. The quantitative estimate of drug-likeness (QED) is 0.0354. The van der Waals surface area contributed by atoms with E-state index in [2.05, 4.69) is 221 Å². The van der Waals surface area contributed by atoms with Gasteiger partial charge in [-0.25, -0.2) is 0 Å². The van der Waals surface area contributed by atoms with E-state index in [0.717, 1.165) is 77.5 Å². The molecule has 0 bridgehead atoms. The minimum atomic E-state index is -0.641. The number of rotatable bonds is 51. The molecule has 0 aliphatic heterocycles. The average Bonchev–Trinajstić information content (AvgIpc) is 1.51. The Labute approximate surface area is 683 Å². The molecule has 6 nitrogen and oxygen atoms in total. The molecule has 4 aliphatic rings. The minimum absolute atomic E-state index is 0.0955. The van der Waals surface area contributed by atoms with Crippen molar-refractivity contribution in [2.24, 2.45) is 0 Å². The highest BCUT2D eigenvalue weighted by Gasteiger charge is 2.52. The van der Waals surface area contributed by atoms with Crippen LogP contribution in [0.1, 0.15) is 340 Å². The third-order valence-electron chi connectivity index (χ3n) is 24.8. The van der Waals surface area contributed by atoms with Crippen LogP contribution in [0.3, 0.4) is 0 Å². The summed E-state index contributed by atoms with van der Waals surface area (Å²) in [7, 11) is 0. The third-order valence-corrected chi connectivity index (χ3v) is 25.4. The summed E-state index contributed by atoms with van der Waals surface area (Å²) in [5, 5.41) is 0. The van der Waals surface area contributed by atoms with Crippen LogP contribution >= 0.6 is 15.9 Å². The van der Waals surface area contributed by atoms with Crippen LogP contribution in [0, 0.1) is 0 Å². The Balaban J connectivity index is 0.961. The molecule has 0 atom stereocenters. The molecule has 4 aliphatic carbocycles. The maximum absolute atomic E-state index is 6.79. The zero-order chi connectivity index (χ0) is 77.3. The topological polar surface area (TPSA) is 55.4 Å². The highest BCUT2D eigenvalue weighted by molar-refractivity contribution is 9.10. The summed E-state index contributed by atoms with van der Waals surface area (Å²) in [5.41, 5.74) is 24.4. The van der Waals surface area contributed by atoms with Crippen LogP contribution in [-0.2, 0) is 5.41 Å². The average molecular weight is 1570 g/mol. The first-order chi connectivity index (χ1) is 55.3. The highest BCUT2D eigenvalue weighted by atomic mass is 79.9. The molecule has 0 saturated heterocycles. The molecule has 0 saturated carbocycles. The van der Waals surface area contributed by atoms with Gasteiger partial charge in [-0.05, 0) is 241 Å². The summed E-state index contributed by atoms with van der Waals surface area (Å²) >= 11 is 4.51. The lowest BCUT2D eigenvalue weighted by molar-refractivity contribution is 0.304. The summed E-state index contributed by atoms with van der Waals surface area (Å²) in [6.45, 7) is 18.0. The Hall–Kier alpha value is -7.74. The normalized spacial score (nSPS) is 13.2. The van der Waals surface area contributed by atoms with E-state index < -0.39 is 5.41 Å². The van der Waals surface area contributed by atoms with Crippen molar-refractivity contribution in [3.05, 3.63) is 224 Å². The van der Waals surface area contributed by atoms with E-state index in [1.165, 1.54) is 304 Å². The maximum atomic E-state index is 6.79. The fourth-order valence-corrected chi connectivity index (χ4v) is 19.3. The molecule has 9 aromatic rings. The van der Waals surface area contributed by atoms with Crippen LogP contribution in [0.15, 0.2) is 168 Å². The van der Waals surface area contributed by atoms with E-state index in [1.54, 1.807) is 0 Å². The highest BCUT2D eigenvalue weighted by Crippen LogP contribution is 2.65. The number of fused-ring (bicyclic) bond motifs is 16. The Morgan fingerprint density at radius 2 is 0.509 bits per heavy atom. The molecule has 594 valence electrons. The van der Waals surface area contributed by atoms with Crippen molar-refractivity contribution >= 4 is 15.9 Å². The number of hydrogen-bond acceptors (Lipinski definition) is 6. The fraction of sp³-hybridized carbons (Fsp3) is 0.486. The van der Waals surface area contributed by atoms with Gasteiger partial charge in [-0.15, -0.1) is 0 Å². The standard InChI is InChI=1S/C105H131BrO6/c1-7-13-19-25-31-39-61-107-77-48-55-85-90(68-77)91-69-78(108-62-40-32-26-20-14-8-2)49-56-86(91)103(85)96-75-102(106)97(104-87-57-50-79(109-63-41-33-27-21-15-9-3)70-92(87)93-71-80(51-58-88(93)104)110-64-42-34-28-22-16-10-4)74-89(96)76-47-54-84-83-45-37-38-46-98(83)105(101(84)67-76)99-59-52-81(111-65-43-35-29-23-17-11-5)72-94(99)95-73-82(53-60-100(95)105)112-66-44-36-30-24-18-12-6/h37-38,45-60,67-75,103-104H,7-36,39-44,61-66H2,1-6H3. The largest absolute Gasteiger partial charge is 0.494 e. The van der Waals surface area contributed by atoms with E-state index in [1.807, 2.05) is 0 Å². The lowest BCUT2D eigenvalue weighted by atomic mass is 9.70. The molecular formula is C105H131BrO6. The van der Waals surface area contributed by atoms with Crippen molar-refractivity contribution in [2.45, 2.75) is 290 Å². The Morgan fingerprint density at radius 3 is 0.857 bits per heavy atom. The molecule has 7 heteroatoms. The number of benzene rings is 9. The van der Waals surface area contributed by atoms with Crippen molar-refractivity contribution in [3.8, 4) is 90.1 Å². The lowest BCUT2D eigenvalue weighted by Crippen LogP contribution is -2.26.